The third kappa shape index (κ3) is 36.2. The zero-order valence-corrected chi connectivity index (χ0v) is 33.4. The van der Waals surface area contributed by atoms with Gasteiger partial charge in [0.15, 0.2) is 0 Å². The molecular weight excluding hydrogens is 608 g/mol. The molecule has 0 bridgehead atoms. The van der Waals surface area contributed by atoms with Gasteiger partial charge in [0.2, 0.25) is 0 Å². The lowest BCUT2D eigenvalue weighted by Crippen LogP contribution is -2.18. The van der Waals surface area contributed by atoms with Crippen molar-refractivity contribution in [3.8, 4) is 0 Å². The zero-order chi connectivity index (χ0) is 36.0. The van der Waals surface area contributed by atoms with Gasteiger partial charge in [-0.3, -0.25) is 14.4 Å². The summed E-state index contributed by atoms with van der Waals surface area (Å²) in [5.74, 6) is 0.235. The van der Waals surface area contributed by atoms with Crippen LogP contribution in [-0.2, 0) is 23.9 Å². The first-order chi connectivity index (χ1) is 23.9. The fourth-order valence-corrected chi connectivity index (χ4v) is 6.73. The van der Waals surface area contributed by atoms with Gasteiger partial charge in [-0.05, 0) is 71.1 Å². The second kappa shape index (κ2) is 37.9. The molecule has 0 aliphatic heterocycles. The summed E-state index contributed by atoms with van der Waals surface area (Å²) < 4.78 is 11.6. The monoisotopic (exact) mass is 693 g/mol. The predicted molar refractivity (Wildman–Crippen MR) is 209 cm³/mol. The van der Waals surface area contributed by atoms with Gasteiger partial charge in [-0.15, -0.1) is 0 Å². The van der Waals surface area contributed by atoms with Crippen molar-refractivity contribution in [1.29, 1.82) is 0 Å². The summed E-state index contributed by atoms with van der Waals surface area (Å²) in [6, 6.07) is 0. The van der Waals surface area contributed by atoms with Crippen LogP contribution in [-0.4, -0.2) is 29.9 Å². The molecule has 0 aromatic heterocycles. The number of carbonyl (C=O) groups excluding carboxylic acids is 3. The number of carbonyl (C=O) groups is 3. The van der Waals surface area contributed by atoms with E-state index >= 15 is 0 Å². The molecule has 0 saturated heterocycles. The van der Waals surface area contributed by atoms with Crippen LogP contribution in [0.5, 0.6) is 0 Å². The average Bonchev–Trinajstić information content (AvgIpc) is 3.08. The number of ketones is 1. The van der Waals surface area contributed by atoms with E-state index in [-0.39, 0.29) is 24.1 Å². The van der Waals surface area contributed by atoms with Gasteiger partial charge in [0.25, 0.3) is 0 Å². The second-order valence-corrected chi connectivity index (χ2v) is 15.2. The summed E-state index contributed by atoms with van der Waals surface area (Å²) in [5, 5.41) is 0. The van der Waals surface area contributed by atoms with E-state index in [1.807, 2.05) is 6.92 Å². The van der Waals surface area contributed by atoms with Gasteiger partial charge in [0.1, 0.15) is 11.9 Å². The van der Waals surface area contributed by atoms with Crippen molar-refractivity contribution in [2.24, 2.45) is 0 Å². The molecule has 0 fully saturated rings. The Morgan fingerprint density at radius 2 is 0.673 bits per heavy atom. The summed E-state index contributed by atoms with van der Waals surface area (Å²) in [6.07, 6.45) is 38.5. The largest absolute Gasteiger partial charge is 0.463 e. The van der Waals surface area contributed by atoms with E-state index in [0.717, 1.165) is 77.0 Å². The van der Waals surface area contributed by atoms with Crippen LogP contribution in [0.4, 0.5) is 0 Å². The van der Waals surface area contributed by atoms with Crippen molar-refractivity contribution in [1.82, 2.24) is 0 Å². The molecule has 0 aliphatic carbocycles. The van der Waals surface area contributed by atoms with Crippen molar-refractivity contribution < 1.29 is 23.9 Å². The van der Waals surface area contributed by atoms with E-state index in [1.165, 1.54) is 122 Å². The Morgan fingerprint density at radius 3 is 1.10 bits per heavy atom. The number of ether oxygens (including phenoxy) is 2. The molecular formula is C44H84O5. The van der Waals surface area contributed by atoms with E-state index in [2.05, 4.69) is 20.8 Å². The zero-order valence-electron chi connectivity index (χ0n) is 33.4. The highest BCUT2D eigenvalue weighted by Gasteiger charge is 2.14. The van der Waals surface area contributed by atoms with E-state index in [9.17, 15) is 14.4 Å². The topological polar surface area (TPSA) is 69.7 Å². The predicted octanol–water partition coefficient (Wildman–Crippen LogP) is 14.1. The highest BCUT2D eigenvalue weighted by atomic mass is 16.5. The van der Waals surface area contributed by atoms with Gasteiger partial charge in [0.05, 0.1) is 6.10 Å². The first kappa shape index (κ1) is 47.6. The lowest BCUT2D eigenvalue weighted by Gasteiger charge is -2.18. The van der Waals surface area contributed by atoms with E-state index in [4.69, 9.17) is 9.47 Å². The SMILES string of the molecule is CCCCCCCCCCC(C)OC(=O)CCCCCC(=O)CCCCCCCC(=O)OC(CCCCCCCC)CCCCCCCC. The number of hydrogen-bond donors (Lipinski definition) is 0. The smallest absolute Gasteiger partial charge is 0.306 e. The molecule has 0 saturated carbocycles. The van der Waals surface area contributed by atoms with Gasteiger partial charge in [-0.1, -0.05) is 156 Å². The molecule has 1 atom stereocenters. The van der Waals surface area contributed by atoms with Crippen LogP contribution in [0, 0.1) is 0 Å². The molecule has 290 valence electrons. The molecule has 0 aromatic rings. The van der Waals surface area contributed by atoms with Crippen molar-refractivity contribution in [3.05, 3.63) is 0 Å². The van der Waals surface area contributed by atoms with Crippen LogP contribution in [0.1, 0.15) is 252 Å². The normalized spacial score (nSPS) is 12.0. The van der Waals surface area contributed by atoms with Crippen LogP contribution in [0.15, 0.2) is 0 Å². The molecule has 49 heavy (non-hydrogen) atoms. The van der Waals surface area contributed by atoms with Crippen LogP contribution in [0.3, 0.4) is 0 Å². The molecule has 0 N–H and O–H groups in total. The maximum absolute atomic E-state index is 12.6. The third-order valence-corrected chi connectivity index (χ3v) is 10.0. The highest BCUT2D eigenvalue weighted by Crippen LogP contribution is 2.19. The standard InChI is InChI=1S/C44H84O5/c1-5-8-11-14-17-18-20-26-33-40(4)48-43(46)38-32-25-28-35-41(45)34-27-21-19-24-31-39-44(47)49-42(36-29-22-15-12-9-6-2)37-30-23-16-13-10-7-3/h40,42H,5-39H2,1-4H3. The lowest BCUT2D eigenvalue weighted by molar-refractivity contribution is -0.150. The maximum Gasteiger partial charge on any atom is 0.306 e. The van der Waals surface area contributed by atoms with Crippen molar-refractivity contribution in [3.63, 3.8) is 0 Å². The molecule has 5 nitrogen and oxygen atoms in total. The minimum absolute atomic E-state index is 0.00906. The average molecular weight is 693 g/mol. The minimum atomic E-state index is -0.0900. The van der Waals surface area contributed by atoms with Crippen molar-refractivity contribution in [2.45, 2.75) is 265 Å². The molecule has 5 heteroatoms. The van der Waals surface area contributed by atoms with Crippen molar-refractivity contribution in [2.75, 3.05) is 0 Å². The molecule has 0 rings (SSSR count). The quantitative estimate of drug-likeness (QED) is 0.0474. The van der Waals surface area contributed by atoms with Crippen LogP contribution >= 0.6 is 0 Å². The molecule has 0 aliphatic rings. The summed E-state index contributed by atoms with van der Waals surface area (Å²) in [6.45, 7) is 8.77. The highest BCUT2D eigenvalue weighted by molar-refractivity contribution is 5.78. The van der Waals surface area contributed by atoms with Gasteiger partial charge in [-0.2, -0.15) is 0 Å². The molecule has 0 amide bonds. The molecule has 0 radical (unpaired) electrons. The first-order valence-electron chi connectivity index (χ1n) is 21.8. The first-order valence-corrected chi connectivity index (χ1v) is 21.8. The van der Waals surface area contributed by atoms with Gasteiger partial charge in [-0.25, -0.2) is 0 Å². The summed E-state index contributed by atoms with van der Waals surface area (Å²) in [7, 11) is 0. The molecule has 1 unspecified atom stereocenters. The fraction of sp³-hybridized carbons (Fsp3) is 0.932. The number of esters is 2. The summed E-state index contributed by atoms with van der Waals surface area (Å²) >= 11 is 0. The Kier molecular flexibility index (Phi) is 36.8. The Balaban J connectivity index is 3.84. The Labute approximate surface area is 305 Å². The van der Waals surface area contributed by atoms with Gasteiger partial charge < -0.3 is 9.47 Å². The summed E-state index contributed by atoms with van der Waals surface area (Å²) in [4.78, 5) is 37.1. The van der Waals surface area contributed by atoms with Crippen LogP contribution < -0.4 is 0 Å². The Hall–Kier alpha value is -1.39. The Morgan fingerprint density at radius 1 is 0.367 bits per heavy atom. The molecule has 0 heterocycles. The minimum Gasteiger partial charge on any atom is -0.463 e. The van der Waals surface area contributed by atoms with Crippen molar-refractivity contribution >= 4 is 17.7 Å². The number of rotatable bonds is 39. The van der Waals surface area contributed by atoms with E-state index in [1.54, 1.807) is 0 Å². The van der Waals surface area contributed by atoms with Gasteiger partial charge >= 0.3 is 11.9 Å². The van der Waals surface area contributed by atoms with Crippen LogP contribution in [0.25, 0.3) is 0 Å². The maximum atomic E-state index is 12.6. The number of hydrogen-bond acceptors (Lipinski definition) is 5. The van der Waals surface area contributed by atoms with Gasteiger partial charge in [0, 0.05) is 25.7 Å². The number of unbranched alkanes of at least 4 members (excludes halogenated alkanes) is 23. The fourth-order valence-electron chi connectivity index (χ4n) is 6.73. The second-order valence-electron chi connectivity index (χ2n) is 15.2. The summed E-state index contributed by atoms with van der Waals surface area (Å²) in [5.41, 5.74) is 0. The Bertz CT molecular complexity index is 719. The molecule has 0 aromatic carbocycles. The number of Topliss-reactive ketones (excluding diaryl/α,β-unsaturated/α-hetero) is 1. The van der Waals surface area contributed by atoms with E-state index in [0.29, 0.717) is 31.5 Å². The third-order valence-electron chi connectivity index (χ3n) is 10.0. The van der Waals surface area contributed by atoms with E-state index < -0.39 is 0 Å². The van der Waals surface area contributed by atoms with Crippen LogP contribution in [0.2, 0.25) is 0 Å². The molecule has 0 spiro atoms. The lowest BCUT2D eigenvalue weighted by atomic mass is 10.0.